The Labute approximate surface area is 133 Å². The molecule has 0 aliphatic carbocycles. The highest BCUT2D eigenvalue weighted by Crippen LogP contribution is 2.26. The molecule has 1 aliphatic heterocycles. The van der Waals surface area contributed by atoms with Gasteiger partial charge in [0, 0.05) is 18.0 Å². The summed E-state index contributed by atoms with van der Waals surface area (Å²) in [7, 11) is -3.67. The van der Waals surface area contributed by atoms with E-state index in [1.807, 2.05) is 11.8 Å². The summed E-state index contributed by atoms with van der Waals surface area (Å²) in [5.41, 5.74) is 0.523. The van der Waals surface area contributed by atoms with Crippen LogP contribution in [0.15, 0.2) is 29.4 Å². The standard InChI is InChI=1S/C13H16ClN3O2S2/c14-12-13(17-7-3-1-6-11(17)16-12)21(18,19)15-9-10-5-2-4-8-20-10/h1,3,6-7,10,15H,2,4-5,8-9H2. The normalized spacial score (nSPS) is 20.0. The van der Waals surface area contributed by atoms with Crippen LogP contribution in [0.2, 0.25) is 5.15 Å². The van der Waals surface area contributed by atoms with Crippen molar-refractivity contribution in [1.82, 2.24) is 14.1 Å². The molecular formula is C13H16ClN3O2S2. The van der Waals surface area contributed by atoms with Crippen molar-refractivity contribution in [2.24, 2.45) is 0 Å². The van der Waals surface area contributed by atoms with E-state index >= 15 is 0 Å². The van der Waals surface area contributed by atoms with E-state index in [1.54, 1.807) is 24.4 Å². The van der Waals surface area contributed by atoms with Crippen LogP contribution in [-0.2, 0) is 10.0 Å². The third-order valence-electron chi connectivity index (χ3n) is 3.48. The van der Waals surface area contributed by atoms with Gasteiger partial charge in [0.15, 0.2) is 10.2 Å². The monoisotopic (exact) mass is 345 g/mol. The van der Waals surface area contributed by atoms with Gasteiger partial charge in [-0.05, 0) is 30.7 Å². The van der Waals surface area contributed by atoms with Crippen LogP contribution in [0.4, 0.5) is 0 Å². The van der Waals surface area contributed by atoms with E-state index in [2.05, 4.69) is 9.71 Å². The van der Waals surface area contributed by atoms with E-state index in [4.69, 9.17) is 11.6 Å². The molecule has 0 amide bonds. The van der Waals surface area contributed by atoms with Crippen molar-refractivity contribution in [3.63, 3.8) is 0 Å². The first-order valence-corrected chi connectivity index (χ1v) is 9.73. The van der Waals surface area contributed by atoms with E-state index < -0.39 is 10.0 Å². The minimum Gasteiger partial charge on any atom is -0.288 e. The van der Waals surface area contributed by atoms with Gasteiger partial charge in [0.1, 0.15) is 5.65 Å². The highest BCUT2D eigenvalue weighted by atomic mass is 35.5. The molecule has 0 aromatic carbocycles. The van der Waals surface area contributed by atoms with Gasteiger partial charge >= 0.3 is 0 Å². The molecule has 1 fully saturated rings. The summed E-state index contributed by atoms with van der Waals surface area (Å²) in [6.07, 6.45) is 5.08. The molecular weight excluding hydrogens is 330 g/mol. The van der Waals surface area contributed by atoms with E-state index in [0.717, 1.165) is 18.6 Å². The van der Waals surface area contributed by atoms with Gasteiger partial charge in [-0.25, -0.2) is 18.1 Å². The number of sulfonamides is 1. The molecule has 3 rings (SSSR count). The van der Waals surface area contributed by atoms with Gasteiger partial charge in [-0.1, -0.05) is 24.1 Å². The van der Waals surface area contributed by atoms with Crippen molar-refractivity contribution in [3.05, 3.63) is 29.5 Å². The van der Waals surface area contributed by atoms with Crippen LogP contribution >= 0.6 is 23.4 Å². The molecule has 0 radical (unpaired) electrons. The predicted octanol–water partition coefficient (Wildman–Crippen LogP) is 2.55. The van der Waals surface area contributed by atoms with E-state index in [1.165, 1.54) is 10.8 Å². The second kappa shape index (κ2) is 6.16. The molecule has 1 N–H and O–H groups in total. The number of nitrogens with one attached hydrogen (secondary N) is 1. The Kier molecular flexibility index (Phi) is 4.44. The Bertz CT molecular complexity index is 739. The molecule has 5 nitrogen and oxygen atoms in total. The van der Waals surface area contributed by atoms with Gasteiger partial charge < -0.3 is 0 Å². The molecule has 1 atom stereocenters. The van der Waals surface area contributed by atoms with Crippen molar-refractivity contribution in [2.45, 2.75) is 29.5 Å². The Hall–Kier alpha value is -0.760. The third-order valence-corrected chi connectivity index (χ3v) is 6.70. The van der Waals surface area contributed by atoms with Crippen molar-refractivity contribution in [1.29, 1.82) is 0 Å². The van der Waals surface area contributed by atoms with E-state index in [9.17, 15) is 8.42 Å². The van der Waals surface area contributed by atoms with Crippen LogP contribution in [-0.4, -0.2) is 35.4 Å². The molecule has 114 valence electrons. The lowest BCUT2D eigenvalue weighted by Crippen LogP contribution is -2.32. The van der Waals surface area contributed by atoms with Gasteiger partial charge in [0.25, 0.3) is 10.0 Å². The smallest absolute Gasteiger partial charge is 0.259 e. The lowest BCUT2D eigenvalue weighted by atomic mass is 10.2. The number of halogens is 1. The fourth-order valence-electron chi connectivity index (χ4n) is 2.42. The number of rotatable bonds is 4. The van der Waals surface area contributed by atoms with Crippen LogP contribution < -0.4 is 4.72 Å². The van der Waals surface area contributed by atoms with Gasteiger partial charge in [-0.15, -0.1) is 0 Å². The largest absolute Gasteiger partial charge is 0.288 e. The zero-order valence-electron chi connectivity index (χ0n) is 11.3. The predicted molar refractivity (Wildman–Crippen MR) is 85.5 cm³/mol. The van der Waals surface area contributed by atoms with Crippen LogP contribution in [0, 0.1) is 0 Å². The maximum absolute atomic E-state index is 12.5. The summed E-state index contributed by atoms with van der Waals surface area (Å²) in [6, 6.07) is 5.27. The fraction of sp³-hybridized carbons (Fsp3) is 0.462. The van der Waals surface area contributed by atoms with Gasteiger partial charge in [0.05, 0.1) is 0 Å². The van der Waals surface area contributed by atoms with E-state index in [-0.39, 0.29) is 10.2 Å². The first-order valence-electron chi connectivity index (χ1n) is 6.82. The molecule has 1 aliphatic rings. The summed E-state index contributed by atoms with van der Waals surface area (Å²) >= 11 is 7.84. The number of hydrogen-bond donors (Lipinski definition) is 1. The zero-order valence-corrected chi connectivity index (χ0v) is 13.7. The fourth-order valence-corrected chi connectivity index (χ4v) is 5.49. The van der Waals surface area contributed by atoms with Gasteiger partial charge in [-0.3, -0.25) is 4.40 Å². The minimum absolute atomic E-state index is 0.00463. The minimum atomic E-state index is -3.67. The molecule has 0 spiro atoms. The van der Waals surface area contributed by atoms with Crippen molar-refractivity contribution < 1.29 is 8.42 Å². The van der Waals surface area contributed by atoms with E-state index in [0.29, 0.717) is 17.4 Å². The molecule has 0 saturated carbocycles. The second-order valence-electron chi connectivity index (χ2n) is 4.98. The summed E-state index contributed by atoms with van der Waals surface area (Å²) < 4.78 is 29.2. The van der Waals surface area contributed by atoms with Crippen LogP contribution in [0.3, 0.4) is 0 Å². The van der Waals surface area contributed by atoms with Gasteiger partial charge in [-0.2, -0.15) is 11.8 Å². The van der Waals surface area contributed by atoms with Crippen LogP contribution in [0.1, 0.15) is 19.3 Å². The van der Waals surface area contributed by atoms with Crippen LogP contribution in [0.5, 0.6) is 0 Å². The molecule has 0 bridgehead atoms. The number of imidazole rings is 1. The molecule has 1 saturated heterocycles. The average Bonchev–Trinajstić information content (AvgIpc) is 2.83. The summed E-state index contributed by atoms with van der Waals surface area (Å²) in [6.45, 7) is 0.434. The number of aromatic nitrogens is 2. The maximum atomic E-state index is 12.5. The average molecular weight is 346 g/mol. The lowest BCUT2D eigenvalue weighted by molar-refractivity contribution is 0.569. The number of hydrogen-bond acceptors (Lipinski definition) is 4. The summed E-state index contributed by atoms with van der Waals surface area (Å²) in [5.74, 6) is 1.10. The molecule has 1 unspecified atom stereocenters. The summed E-state index contributed by atoms with van der Waals surface area (Å²) in [4.78, 5) is 4.08. The molecule has 2 aromatic rings. The van der Waals surface area contributed by atoms with Crippen molar-refractivity contribution >= 4 is 39.0 Å². The third kappa shape index (κ3) is 3.21. The molecule has 2 aromatic heterocycles. The van der Waals surface area contributed by atoms with Crippen molar-refractivity contribution in [2.75, 3.05) is 12.3 Å². The molecule has 3 heterocycles. The van der Waals surface area contributed by atoms with Crippen LogP contribution in [0.25, 0.3) is 5.65 Å². The zero-order chi connectivity index (χ0) is 14.9. The first-order chi connectivity index (χ1) is 10.1. The Morgan fingerprint density at radius 3 is 3.05 bits per heavy atom. The second-order valence-corrected chi connectivity index (χ2v) is 8.43. The van der Waals surface area contributed by atoms with Gasteiger partial charge in [0.2, 0.25) is 0 Å². The molecule has 21 heavy (non-hydrogen) atoms. The number of pyridine rings is 1. The number of fused-ring (bicyclic) bond motifs is 1. The summed E-state index contributed by atoms with van der Waals surface area (Å²) in [5, 5.41) is 0.358. The number of nitrogens with zero attached hydrogens (tertiary/aromatic N) is 2. The highest BCUT2D eigenvalue weighted by molar-refractivity contribution is 8.00. The Morgan fingerprint density at radius 1 is 1.43 bits per heavy atom. The lowest BCUT2D eigenvalue weighted by Gasteiger charge is -2.21. The Morgan fingerprint density at radius 2 is 2.29 bits per heavy atom. The quantitative estimate of drug-likeness (QED) is 0.925. The highest BCUT2D eigenvalue weighted by Gasteiger charge is 2.25. The van der Waals surface area contributed by atoms with Crippen molar-refractivity contribution in [3.8, 4) is 0 Å². The first kappa shape index (κ1) is 15.1. The molecule has 8 heteroatoms. The number of thioether (sulfide) groups is 1. The maximum Gasteiger partial charge on any atom is 0.259 e. The topological polar surface area (TPSA) is 63.5 Å². The SMILES string of the molecule is O=S(=O)(NCC1CCCCS1)c1c(Cl)nc2ccccn12. The Balaban J connectivity index is 1.84.